The predicted octanol–water partition coefficient (Wildman–Crippen LogP) is 4.59. The summed E-state index contributed by atoms with van der Waals surface area (Å²) in [7, 11) is 0. The van der Waals surface area contributed by atoms with Crippen molar-refractivity contribution in [3.8, 4) is 11.5 Å². The quantitative estimate of drug-likeness (QED) is 0.801. The molecule has 4 nitrogen and oxygen atoms in total. The first-order valence-electron chi connectivity index (χ1n) is 8.73. The van der Waals surface area contributed by atoms with E-state index >= 15 is 0 Å². The van der Waals surface area contributed by atoms with Gasteiger partial charge in [-0.15, -0.1) is 0 Å². The Bertz CT molecular complexity index is 740. The summed E-state index contributed by atoms with van der Waals surface area (Å²) >= 11 is 0. The molecule has 0 aliphatic heterocycles. The largest absolute Gasteiger partial charge is 0.490 e. The first-order chi connectivity index (χ1) is 12.0. The van der Waals surface area contributed by atoms with Crippen molar-refractivity contribution in [3.05, 3.63) is 58.7 Å². The number of ether oxygens (including phenoxy) is 2. The van der Waals surface area contributed by atoms with Crippen LogP contribution in [-0.2, 0) is 0 Å². The third kappa shape index (κ3) is 4.75. The zero-order valence-electron chi connectivity index (χ0n) is 15.7. The number of aryl methyl sites for hydroxylation is 2. The molecule has 0 aromatic heterocycles. The Kier molecular flexibility index (Phi) is 6.45. The van der Waals surface area contributed by atoms with E-state index in [4.69, 9.17) is 9.47 Å². The highest BCUT2D eigenvalue weighted by Crippen LogP contribution is 2.30. The molecule has 0 saturated carbocycles. The van der Waals surface area contributed by atoms with Crippen LogP contribution in [0.1, 0.15) is 53.9 Å². The number of hydrogen-bond acceptors (Lipinski definition) is 3. The molecule has 25 heavy (non-hydrogen) atoms. The normalized spacial score (nSPS) is 11.7. The Morgan fingerprint density at radius 3 is 2.36 bits per heavy atom. The third-order valence-electron chi connectivity index (χ3n) is 4.05. The van der Waals surface area contributed by atoms with E-state index in [9.17, 15) is 4.79 Å². The van der Waals surface area contributed by atoms with Crippen LogP contribution in [0.25, 0.3) is 0 Å². The number of benzene rings is 2. The van der Waals surface area contributed by atoms with Gasteiger partial charge in [0, 0.05) is 5.56 Å². The molecule has 2 aromatic rings. The van der Waals surface area contributed by atoms with Gasteiger partial charge < -0.3 is 14.8 Å². The van der Waals surface area contributed by atoms with Crippen molar-refractivity contribution >= 4 is 5.91 Å². The van der Waals surface area contributed by atoms with Crippen LogP contribution in [0, 0.1) is 13.8 Å². The van der Waals surface area contributed by atoms with Gasteiger partial charge in [-0.2, -0.15) is 0 Å². The second-order valence-electron chi connectivity index (χ2n) is 6.09. The monoisotopic (exact) mass is 341 g/mol. The van der Waals surface area contributed by atoms with Crippen molar-refractivity contribution in [2.75, 3.05) is 13.2 Å². The summed E-state index contributed by atoms with van der Waals surface area (Å²) in [4.78, 5) is 12.6. The Balaban J connectivity index is 2.19. The first kappa shape index (κ1) is 18.8. The van der Waals surface area contributed by atoms with Gasteiger partial charge in [-0.3, -0.25) is 4.79 Å². The summed E-state index contributed by atoms with van der Waals surface area (Å²) in [6, 6.07) is 11.5. The lowest BCUT2D eigenvalue weighted by atomic mass is 10.0. The fourth-order valence-corrected chi connectivity index (χ4v) is 2.68. The van der Waals surface area contributed by atoms with Crippen molar-refractivity contribution in [2.24, 2.45) is 0 Å². The van der Waals surface area contributed by atoms with Crippen molar-refractivity contribution in [3.63, 3.8) is 0 Å². The number of rotatable bonds is 7. The first-order valence-corrected chi connectivity index (χ1v) is 8.73. The molecule has 1 atom stereocenters. The number of hydrogen-bond donors (Lipinski definition) is 1. The molecule has 2 rings (SSSR count). The zero-order chi connectivity index (χ0) is 18.4. The third-order valence-corrected chi connectivity index (χ3v) is 4.05. The highest BCUT2D eigenvalue weighted by molar-refractivity contribution is 5.96. The van der Waals surface area contributed by atoms with E-state index in [0.717, 1.165) is 22.4 Å². The number of carbonyl (C=O) groups excluding carboxylic acids is 1. The van der Waals surface area contributed by atoms with Gasteiger partial charge >= 0.3 is 0 Å². The summed E-state index contributed by atoms with van der Waals surface area (Å²) in [5.74, 6) is 1.36. The zero-order valence-corrected chi connectivity index (χ0v) is 15.7. The van der Waals surface area contributed by atoms with Crippen molar-refractivity contribution < 1.29 is 14.3 Å². The van der Waals surface area contributed by atoms with E-state index in [0.29, 0.717) is 24.5 Å². The molecule has 1 amide bonds. The number of amides is 1. The molecule has 0 saturated heterocycles. The average molecular weight is 341 g/mol. The molecular weight excluding hydrogens is 314 g/mol. The smallest absolute Gasteiger partial charge is 0.252 e. The number of nitrogens with one attached hydrogen (secondary N) is 1. The molecule has 0 aliphatic carbocycles. The molecule has 1 N–H and O–H groups in total. The molecular formula is C21H27NO3. The van der Waals surface area contributed by atoms with Gasteiger partial charge in [0.25, 0.3) is 5.91 Å². The van der Waals surface area contributed by atoms with Crippen LogP contribution in [-0.4, -0.2) is 19.1 Å². The Morgan fingerprint density at radius 1 is 1.00 bits per heavy atom. The average Bonchev–Trinajstić information content (AvgIpc) is 2.58. The molecule has 0 radical (unpaired) electrons. The van der Waals surface area contributed by atoms with Crippen LogP contribution in [0.3, 0.4) is 0 Å². The minimum atomic E-state index is -0.137. The highest BCUT2D eigenvalue weighted by atomic mass is 16.5. The van der Waals surface area contributed by atoms with Crippen LogP contribution < -0.4 is 14.8 Å². The van der Waals surface area contributed by atoms with Crippen molar-refractivity contribution in [1.82, 2.24) is 5.32 Å². The minimum Gasteiger partial charge on any atom is -0.490 e. The van der Waals surface area contributed by atoms with Gasteiger partial charge in [0.15, 0.2) is 11.5 Å². The molecule has 134 valence electrons. The van der Waals surface area contributed by atoms with Gasteiger partial charge in [-0.1, -0.05) is 23.8 Å². The SMILES string of the molecule is CCOc1ccc([C@H](C)NC(=O)c2cc(C)ccc2C)cc1OCC. The fraction of sp³-hybridized carbons (Fsp3) is 0.381. The molecule has 0 fully saturated rings. The summed E-state index contributed by atoms with van der Waals surface area (Å²) in [5, 5.41) is 3.07. The number of carbonyl (C=O) groups is 1. The van der Waals surface area contributed by atoms with Crippen LogP contribution >= 0.6 is 0 Å². The standard InChI is InChI=1S/C21H27NO3/c1-6-24-19-11-10-17(13-20(19)25-7-2)16(5)22-21(23)18-12-14(3)8-9-15(18)4/h8-13,16H,6-7H2,1-5H3,(H,22,23)/t16-/m0/s1. The van der Waals surface area contributed by atoms with E-state index in [1.54, 1.807) is 0 Å². The van der Waals surface area contributed by atoms with Gasteiger partial charge in [0.05, 0.1) is 19.3 Å². The maximum absolute atomic E-state index is 12.6. The highest BCUT2D eigenvalue weighted by Gasteiger charge is 2.15. The van der Waals surface area contributed by atoms with E-state index < -0.39 is 0 Å². The summed E-state index contributed by atoms with van der Waals surface area (Å²) in [6.07, 6.45) is 0. The predicted molar refractivity (Wildman–Crippen MR) is 101 cm³/mol. The van der Waals surface area contributed by atoms with Gasteiger partial charge in [0.2, 0.25) is 0 Å². The summed E-state index contributed by atoms with van der Waals surface area (Å²) in [6.45, 7) is 10.9. The topological polar surface area (TPSA) is 47.6 Å². The van der Waals surface area contributed by atoms with Gasteiger partial charge in [-0.05, 0) is 63.9 Å². The lowest BCUT2D eigenvalue weighted by Crippen LogP contribution is -2.27. The van der Waals surface area contributed by atoms with Gasteiger partial charge in [0.1, 0.15) is 0 Å². The molecule has 0 heterocycles. The van der Waals surface area contributed by atoms with E-state index in [1.165, 1.54) is 0 Å². The lowest BCUT2D eigenvalue weighted by molar-refractivity contribution is 0.0939. The molecule has 0 unspecified atom stereocenters. The summed E-state index contributed by atoms with van der Waals surface area (Å²) in [5.41, 5.74) is 3.73. The van der Waals surface area contributed by atoms with Crippen LogP contribution in [0.2, 0.25) is 0 Å². The molecule has 2 aromatic carbocycles. The second kappa shape index (κ2) is 8.56. The fourth-order valence-electron chi connectivity index (χ4n) is 2.68. The lowest BCUT2D eigenvalue weighted by Gasteiger charge is -2.18. The summed E-state index contributed by atoms with van der Waals surface area (Å²) < 4.78 is 11.3. The molecule has 0 bridgehead atoms. The van der Waals surface area contributed by atoms with E-state index in [1.807, 2.05) is 71.0 Å². The van der Waals surface area contributed by atoms with E-state index in [2.05, 4.69) is 5.32 Å². The minimum absolute atomic E-state index is 0.0689. The van der Waals surface area contributed by atoms with Crippen molar-refractivity contribution in [2.45, 2.75) is 40.7 Å². The van der Waals surface area contributed by atoms with Gasteiger partial charge in [-0.25, -0.2) is 0 Å². The second-order valence-corrected chi connectivity index (χ2v) is 6.09. The maximum atomic E-state index is 12.6. The molecule has 0 spiro atoms. The molecule has 4 heteroatoms. The Morgan fingerprint density at radius 2 is 1.68 bits per heavy atom. The van der Waals surface area contributed by atoms with Crippen molar-refractivity contribution in [1.29, 1.82) is 0 Å². The van der Waals surface area contributed by atoms with Crippen LogP contribution in [0.5, 0.6) is 11.5 Å². The van der Waals surface area contributed by atoms with Crippen LogP contribution in [0.15, 0.2) is 36.4 Å². The molecule has 0 aliphatic rings. The Labute approximate surface area is 150 Å². The van der Waals surface area contributed by atoms with E-state index in [-0.39, 0.29) is 11.9 Å². The maximum Gasteiger partial charge on any atom is 0.252 e. The Hall–Kier alpha value is -2.49. The van der Waals surface area contributed by atoms with Crippen LogP contribution in [0.4, 0.5) is 0 Å².